The Balaban J connectivity index is 2.06. The Morgan fingerprint density at radius 1 is 1.25 bits per heavy atom. The average molecular weight is 278 g/mol. The predicted octanol–water partition coefficient (Wildman–Crippen LogP) is 2.21. The Bertz CT molecular complexity index is 367. The zero-order chi connectivity index (χ0) is 14.5. The van der Waals surface area contributed by atoms with Crippen LogP contribution in [0.5, 0.6) is 5.75 Å². The molecule has 0 aliphatic rings. The van der Waals surface area contributed by atoms with E-state index in [1.165, 1.54) is 25.7 Å². The molecule has 0 aliphatic heterocycles. The molecule has 0 aliphatic carbocycles. The number of nitrogens with zero attached hydrogens (tertiary/aromatic N) is 2. The van der Waals surface area contributed by atoms with Gasteiger partial charge >= 0.3 is 0 Å². The molecular weight excluding hydrogens is 252 g/mol. The van der Waals surface area contributed by atoms with E-state index in [1.54, 1.807) is 19.4 Å². The SMILES string of the molecule is CCCCCCNC(=NC)NCCOc1cccnc1. The van der Waals surface area contributed by atoms with E-state index in [4.69, 9.17) is 4.74 Å². The number of rotatable bonds is 9. The van der Waals surface area contributed by atoms with Crippen LogP contribution in [-0.2, 0) is 0 Å². The van der Waals surface area contributed by atoms with E-state index in [2.05, 4.69) is 27.5 Å². The molecule has 0 saturated heterocycles. The van der Waals surface area contributed by atoms with Gasteiger partial charge in [0.2, 0.25) is 0 Å². The summed E-state index contributed by atoms with van der Waals surface area (Å²) in [6.45, 7) is 4.48. The molecule has 0 radical (unpaired) electrons. The molecule has 2 N–H and O–H groups in total. The normalized spacial score (nSPS) is 11.2. The van der Waals surface area contributed by atoms with Gasteiger partial charge in [-0.3, -0.25) is 9.98 Å². The van der Waals surface area contributed by atoms with Crippen LogP contribution >= 0.6 is 0 Å². The number of pyridine rings is 1. The van der Waals surface area contributed by atoms with Crippen LogP contribution in [0.2, 0.25) is 0 Å². The minimum Gasteiger partial charge on any atom is -0.490 e. The van der Waals surface area contributed by atoms with Gasteiger partial charge in [-0.05, 0) is 18.6 Å². The minimum absolute atomic E-state index is 0.586. The lowest BCUT2D eigenvalue weighted by molar-refractivity contribution is 0.320. The number of unbranched alkanes of at least 4 members (excludes halogenated alkanes) is 3. The van der Waals surface area contributed by atoms with E-state index < -0.39 is 0 Å². The largest absolute Gasteiger partial charge is 0.490 e. The number of hydrogen-bond acceptors (Lipinski definition) is 3. The summed E-state index contributed by atoms with van der Waals surface area (Å²) in [5, 5.41) is 6.52. The van der Waals surface area contributed by atoms with Crippen LogP contribution in [0.1, 0.15) is 32.6 Å². The molecule has 5 heteroatoms. The smallest absolute Gasteiger partial charge is 0.191 e. The fourth-order valence-corrected chi connectivity index (χ4v) is 1.75. The van der Waals surface area contributed by atoms with Crippen molar-refractivity contribution in [1.82, 2.24) is 15.6 Å². The standard InChI is InChI=1S/C15H26N4O/c1-3-4-5-6-10-18-15(16-2)19-11-12-20-14-8-7-9-17-13-14/h7-9,13H,3-6,10-12H2,1-2H3,(H2,16,18,19). The molecule has 0 atom stereocenters. The average Bonchev–Trinajstić information content (AvgIpc) is 2.50. The number of aromatic nitrogens is 1. The van der Waals surface area contributed by atoms with Gasteiger partial charge in [0.1, 0.15) is 12.4 Å². The lowest BCUT2D eigenvalue weighted by Crippen LogP contribution is -2.39. The monoisotopic (exact) mass is 278 g/mol. The van der Waals surface area contributed by atoms with Crippen molar-refractivity contribution in [2.24, 2.45) is 4.99 Å². The maximum atomic E-state index is 5.55. The van der Waals surface area contributed by atoms with Crippen LogP contribution in [-0.4, -0.2) is 37.7 Å². The Morgan fingerprint density at radius 2 is 2.10 bits per heavy atom. The second-order valence-electron chi connectivity index (χ2n) is 4.52. The highest BCUT2D eigenvalue weighted by atomic mass is 16.5. The summed E-state index contributed by atoms with van der Waals surface area (Å²) in [4.78, 5) is 8.18. The molecule has 0 aromatic carbocycles. The molecule has 1 aromatic rings. The number of aliphatic imine (C=N–C) groups is 1. The van der Waals surface area contributed by atoms with Gasteiger partial charge in [-0.2, -0.15) is 0 Å². The van der Waals surface area contributed by atoms with E-state index in [-0.39, 0.29) is 0 Å². The summed E-state index contributed by atoms with van der Waals surface area (Å²) in [5.41, 5.74) is 0. The van der Waals surface area contributed by atoms with Crippen molar-refractivity contribution in [1.29, 1.82) is 0 Å². The Morgan fingerprint density at radius 3 is 2.80 bits per heavy atom. The summed E-state index contributed by atoms with van der Waals surface area (Å²) in [6.07, 6.45) is 8.45. The van der Waals surface area contributed by atoms with Gasteiger partial charge < -0.3 is 15.4 Å². The third kappa shape index (κ3) is 7.61. The fraction of sp³-hybridized carbons (Fsp3) is 0.600. The van der Waals surface area contributed by atoms with E-state index in [0.717, 1.165) is 18.3 Å². The molecule has 1 heterocycles. The van der Waals surface area contributed by atoms with Gasteiger partial charge in [-0.1, -0.05) is 26.2 Å². The lowest BCUT2D eigenvalue weighted by Gasteiger charge is -2.12. The molecular formula is C15H26N4O. The summed E-state index contributed by atoms with van der Waals surface area (Å²) < 4.78 is 5.55. The van der Waals surface area contributed by atoms with Crippen molar-refractivity contribution >= 4 is 5.96 Å². The summed E-state index contributed by atoms with van der Waals surface area (Å²) in [7, 11) is 1.78. The zero-order valence-electron chi connectivity index (χ0n) is 12.6. The van der Waals surface area contributed by atoms with Crippen LogP contribution in [0.15, 0.2) is 29.5 Å². The van der Waals surface area contributed by atoms with E-state index in [0.29, 0.717) is 13.2 Å². The van der Waals surface area contributed by atoms with Crippen LogP contribution in [0.4, 0.5) is 0 Å². The molecule has 0 spiro atoms. The van der Waals surface area contributed by atoms with Gasteiger partial charge in [0.25, 0.3) is 0 Å². The first-order valence-electron chi connectivity index (χ1n) is 7.34. The molecule has 112 valence electrons. The molecule has 5 nitrogen and oxygen atoms in total. The van der Waals surface area contributed by atoms with Gasteiger partial charge in [0.15, 0.2) is 5.96 Å². The maximum Gasteiger partial charge on any atom is 0.191 e. The molecule has 0 fully saturated rings. The third-order valence-corrected chi connectivity index (χ3v) is 2.84. The fourth-order valence-electron chi connectivity index (χ4n) is 1.75. The number of ether oxygens (including phenoxy) is 1. The Hall–Kier alpha value is -1.78. The molecule has 20 heavy (non-hydrogen) atoms. The van der Waals surface area contributed by atoms with Gasteiger partial charge in [0.05, 0.1) is 12.7 Å². The minimum atomic E-state index is 0.586. The first-order valence-corrected chi connectivity index (χ1v) is 7.34. The first-order chi connectivity index (χ1) is 9.86. The highest BCUT2D eigenvalue weighted by Gasteiger charge is 1.97. The molecule has 0 amide bonds. The van der Waals surface area contributed by atoms with Crippen molar-refractivity contribution in [2.75, 3.05) is 26.7 Å². The molecule has 0 bridgehead atoms. The molecule has 0 unspecified atom stereocenters. The van der Waals surface area contributed by atoms with E-state index in [1.807, 2.05) is 12.1 Å². The van der Waals surface area contributed by atoms with Crippen molar-refractivity contribution < 1.29 is 4.74 Å². The number of guanidine groups is 1. The van der Waals surface area contributed by atoms with Crippen LogP contribution < -0.4 is 15.4 Å². The van der Waals surface area contributed by atoms with Crippen LogP contribution in [0.3, 0.4) is 0 Å². The highest BCUT2D eigenvalue weighted by Crippen LogP contribution is 2.04. The topological polar surface area (TPSA) is 58.5 Å². The second-order valence-corrected chi connectivity index (χ2v) is 4.52. The number of nitrogens with one attached hydrogen (secondary N) is 2. The Labute approximate surface area is 121 Å². The zero-order valence-corrected chi connectivity index (χ0v) is 12.6. The third-order valence-electron chi connectivity index (χ3n) is 2.84. The van der Waals surface area contributed by atoms with E-state index in [9.17, 15) is 0 Å². The van der Waals surface area contributed by atoms with Crippen molar-refractivity contribution in [3.63, 3.8) is 0 Å². The van der Waals surface area contributed by atoms with Gasteiger partial charge in [-0.15, -0.1) is 0 Å². The van der Waals surface area contributed by atoms with E-state index >= 15 is 0 Å². The predicted molar refractivity (Wildman–Crippen MR) is 83.2 cm³/mol. The summed E-state index contributed by atoms with van der Waals surface area (Å²) in [5.74, 6) is 1.62. The van der Waals surface area contributed by atoms with Gasteiger partial charge in [-0.25, -0.2) is 0 Å². The second kappa shape index (κ2) is 11.1. The van der Waals surface area contributed by atoms with Gasteiger partial charge in [0, 0.05) is 19.8 Å². The van der Waals surface area contributed by atoms with Crippen molar-refractivity contribution in [3.05, 3.63) is 24.5 Å². The number of hydrogen-bond donors (Lipinski definition) is 2. The maximum absolute atomic E-state index is 5.55. The summed E-state index contributed by atoms with van der Waals surface area (Å²) >= 11 is 0. The molecule has 0 saturated carbocycles. The molecule has 1 rings (SSSR count). The highest BCUT2D eigenvalue weighted by molar-refractivity contribution is 5.79. The van der Waals surface area contributed by atoms with Crippen molar-refractivity contribution in [2.45, 2.75) is 32.6 Å². The summed E-state index contributed by atoms with van der Waals surface area (Å²) in [6, 6.07) is 3.76. The van der Waals surface area contributed by atoms with Crippen LogP contribution in [0.25, 0.3) is 0 Å². The first kappa shape index (κ1) is 16.3. The Kier molecular flexibility index (Phi) is 9.02. The van der Waals surface area contributed by atoms with Crippen LogP contribution in [0, 0.1) is 0 Å². The van der Waals surface area contributed by atoms with Crippen molar-refractivity contribution in [3.8, 4) is 5.75 Å². The lowest BCUT2D eigenvalue weighted by atomic mass is 10.2. The molecule has 1 aromatic heterocycles. The quantitative estimate of drug-likeness (QED) is 0.413.